The number of sulfonamides is 1. The molecule has 2 heterocycles. The molecule has 18 heavy (non-hydrogen) atoms. The van der Waals surface area contributed by atoms with Crippen LogP contribution in [-0.2, 0) is 30.2 Å². The summed E-state index contributed by atoms with van der Waals surface area (Å²) < 4.78 is 28.4. The molecule has 0 aliphatic rings. The van der Waals surface area contributed by atoms with Crippen molar-refractivity contribution in [3.63, 3.8) is 0 Å². The van der Waals surface area contributed by atoms with Gasteiger partial charge in [-0.05, 0) is 28.5 Å². The van der Waals surface area contributed by atoms with Crippen LogP contribution in [0.15, 0.2) is 34.0 Å². The maximum absolute atomic E-state index is 12.0. The van der Waals surface area contributed by atoms with Gasteiger partial charge in [0.2, 0.25) is 10.0 Å². The third kappa shape index (κ3) is 2.81. The number of nitrogens with zero attached hydrogens (tertiary/aromatic N) is 1. The van der Waals surface area contributed by atoms with Gasteiger partial charge in [0.15, 0.2) is 0 Å². The van der Waals surface area contributed by atoms with Crippen molar-refractivity contribution in [2.75, 3.05) is 0 Å². The van der Waals surface area contributed by atoms with E-state index in [2.05, 4.69) is 4.72 Å². The third-order valence-corrected chi connectivity index (χ3v) is 4.75. The van der Waals surface area contributed by atoms with E-state index >= 15 is 0 Å². The minimum atomic E-state index is -3.47. The van der Waals surface area contributed by atoms with E-state index in [1.165, 1.54) is 0 Å². The van der Waals surface area contributed by atoms with E-state index in [-0.39, 0.29) is 4.90 Å². The second kappa shape index (κ2) is 5.23. The monoisotopic (exact) mass is 285 g/mol. The molecule has 0 bridgehead atoms. The molecule has 0 saturated carbocycles. The molecule has 0 fully saturated rings. The summed E-state index contributed by atoms with van der Waals surface area (Å²) in [6.07, 6.45) is 1.57. The Morgan fingerprint density at radius 3 is 2.83 bits per heavy atom. The molecule has 5 nitrogen and oxygen atoms in total. The summed E-state index contributed by atoms with van der Waals surface area (Å²) in [5.74, 6) is 0. The van der Waals surface area contributed by atoms with Crippen molar-refractivity contribution in [3.05, 3.63) is 40.3 Å². The van der Waals surface area contributed by atoms with Gasteiger partial charge >= 0.3 is 0 Å². The number of nitrogens with one attached hydrogen (secondary N) is 1. The maximum Gasteiger partial charge on any atom is 0.242 e. The Balaban J connectivity index is 2.14. The molecule has 2 rings (SSSR count). The van der Waals surface area contributed by atoms with Crippen molar-refractivity contribution >= 4 is 21.4 Å². The summed E-state index contributed by atoms with van der Waals surface area (Å²) in [4.78, 5) is 0.251. The molecule has 0 atom stereocenters. The predicted octanol–water partition coefficient (Wildman–Crippen LogP) is 1.02. The first-order valence-electron chi connectivity index (χ1n) is 5.39. The fourth-order valence-corrected chi connectivity index (χ4v) is 3.36. The quantitative estimate of drug-likeness (QED) is 0.861. The summed E-state index contributed by atoms with van der Waals surface area (Å²) in [5.41, 5.74) is 7.26. The summed E-state index contributed by atoms with van der Waals surface area (Å²) in [7, 11) is -1.69. The number of thiophene rings is 1. The van der Waals surface area contributed by atoms with E-state index < -0.39 is 10.0 Å². The highest BCUT2D eigenvalue weighted by Crippen LogP contribution is 2.14. The molecule has 0 saturated heterocycles. The second-order valence-electron chi connectivity index (χ2n) is 3.94. The highest BCUT2D eigenvalue weighted by atomic mass is 32.2. The number of aryl methyl sites for hydroxylation is 1. The molecule has 0 amide bonds. The Labute approximate surface area is 110 Å². The number of aromatic nitrogens is 1. The Hall–Kier alpha value is -1.15. The molecule has 0 aromatic carbocycles. The van der Waals surface area contributed by atoms with Gasteiger partial charge < -0.3 is 10.3 Å². The van der Waals surface area contributed by atoms with Crippen molar-refractivity contribution < 1.29 is 8.42 Å². The first-order chi connectivity index (χ1) is 8.53. The van der Waals surface area contributed by atoms with E-state index in [1.807, 2.05) is 16.8 Å². The lowest BCUT2D eigenvalue weighted by atomic mass is 10.4. The fourth-order valence-electron chi connectivity index (χ4n) is 1.58. The van der Waals surface area contributed by atoms with Gasteiger partial charge in [-0.15, -0.1) is 0 Å². The Morgan fingerprint density at radius 1 is 1.50 bits per heavy atom. The van der Waals surface area contributed by atoms with E-state index in [9.17, 15) is 8.42 Å². The summed E-state index contributed by atoms with van der Waals surface area (Å²) >= 11 is 1.54. The lowest BCUT2D eigenvalue weighted by Crippen LogP contribution is -2.22. The Kier molecular flexibility index (Phi) is 3.86. The third-order valence-electron chi connectivity index (χ3n) is 2.65. The molecule has 2 aromatic heterocycles. The normalized spacial score (nSPS) is 11.9. The van der Waals surface area contributed by atoms with E-state index in [0.717, 1.165) is 11.3 Å². The molecule has 0 aliphatic heterocycles. The minimum Gasteiger partial charge on any atom is -0.352 e. The number of nitrogens with two attached hydrogens (primary N) is 1. The van der Waals surface area contributed by atoms with Gasteiger partial charge in [0.1, 0.15) is 0 Å². The van der Waals surface area contributed by atoms with Gasteiger partial charge in [-0.1, -0.05) is 0 Å². The summed E-state index contributed by atoms with van der Waals surface area (Å²) in [5, 5.41) is 3.83. The maximum atomic E-state index is 12.0. The highest BCUT2D eigenvalue weighted by molar-refractivity contribution is 7.89. The van der Waals surface area contributed by atoms with Crippen LogP contribution in [0.1, 0.15) is 11.3 Å². The van der Waals surface area contributed by atoms with Gasteiger partial charge in [0.05, 0.1) is 4.90 Å². The van der Waals surface area contributed by atoms with Crippen molar-refractivity contribution in [1.82, 2.24) is 9.29 Å². The van der Waals surface area contributed by atoms with Crippen LogP contribution < -0.4 is 10.5 Å². The Morgan fingerprint density at radius 2 is 2.28 bits per heavy atom. The zero-order chi connectivity index (χ0) is 13.2. The zero-order valence-electron chi connectivity index (χ0n) is 9.96. The first-order valence-corrected chi connectivity index (χ1v) is 7.81. The SMILES string of the molecule is Cn1cc(S(=O)(=O)NCc2ccsc2)cc1CN. The first kappa shape index (κ1) is 13.3. The molecule has 0 unspecified atom stereocenters. The molecule has 0 radical (unpaired) electrons. The lowest BCUT2D eigenvalue weighted by Gasteiger charge is -2.03. The largest absolute Gasteiger partial charge is 0.352 e. The fraction of sp³-hybridized carbons (Fsp3) is 0.273. The van der Waals surface area contributed by atoms with Crippen LogP contribution in [0.2, 0.25) is 0 Å². The topological polar surface area (TPSA) is 77.1 Å². The second-order valence-corrected chi connectivity index (χ2v) is 6.49. The van der Waals surface area contributed by atoms with E-state index in [0.29, 0.717) is 13.1 Å². The van der Waals surface area contributed by atoms with Gasteiger partial charge in [0, 0.05) is 32.0 Å². The van der Waals surface area contributed by atoms with Crippen LogP contribution in [-0.4, -0.2) is 13.0 Å². The van der Waals surface area contributed by atoms with Crippen LogP contribution in [0.25, 0.3) is 0 Å². The molecule has 2 aromatic rings. The van der Waals surface area contributed by atoms with E-state index in [1.54, 1.807) is 35.2 Å². The van der Waals surface area contributed by atoms with Crippen LogP contribution in [0, 0.1) is 0 Å². The van der Waals surface area contributed by atoms with Crippen molar-refractivity contribution in [1.29, 1.82) is 0 Å². The molecule has 7 heteroatoms. The van der Waals surface area contributed by atoms with Gasteiger partial charge in [-0.2, -0.15) is 11.3 Å². The number of hydrogen-bond donors (Lipinski definition) is 2. The average Bonchev–Trinajstić information content (AvgIpc) is 2.95. The predicted molar refractivity (Wildman–Crippen MR) is 71.6 cm³/mol. The molecule has 0 spiro atoms. The van der Waals surface area contributed by atoms with Crippen molar-refractivity contribution in [3.8, 4) is 0 Å². The minimum absolute atomic E-state index is 0.251. The Bertz CT molecular complexity index is 615. The van der Waals surface area contributed by atoms with Crippen LogP contribution >= 0.6 is 11.3 Å². The standard InChI is InChI=1S/C11H15N3O2S2/c1-14-7-11(4-10(14)5-12)18(15,16)13-6-9-2-3-17-8-9/h2-4,7-8,13H,5-6,12H2,1H3. The summed E-state index contributed by atoms with van der Waals surface area (Å²) in [6.45, 7) is 0.620. The number of rotatable bonds is 5. The molecular formula is C11H15N3O2S2. The van der Waals surface area contributed by atoms with Gasteiger partial charge in [-0.3, -0.25) is 0 Å². The van der Waals surface area contributed by atoms with Crippen LogP contribution in [0.5, 0.6) is 0 Å². The average molecular weight is 285 g/mol. The summed E-state index contributed by atoms with van der Waals surface area (Å²) in [6, 6.07) is 3.49. The highest BCUT2D eigenvalue weighted by Gasteiger charge is 2.16. The van der Waals surface area contributed by atoms with Crippen molar-refractivity contribution in [2.24, 2.45) is 12.8 Å². The zero-order valence-corrected chi connectivity index (χ0v) is 11.6. The lowest BCUT2D eigenvalue weighted by molar-refractivity contribution is 0.581. The van der Waals surface area contributed by atoms with Gasteiger partial charge in [0.25, 0.3) is 0 Å². The van der Waals surface area contributed by atoms with Gasteiger partial charge in [-0.25, -0.2) is 13.1 Å². The molecule has 98 valence electrons. The van der Waals surface area contributed by atoms with E-state index in [4.69, 9.17) is 5.73 Å². The molecule has 0 aliphatic carbocycles. The number of hydrogen-bond acceptors (Lipinski definition) is 4. The van der Waals surface area contributed by atoms with Crippen molar-refractivity contribution in [2.45, 2.75) is 18.0 Å². The smallest absolute Gasteiger partial charge is 0.242 e. The molecular weight excluding hydrogens is 270 g/mol. The van der Waals surface area contributed by atoms with Crippen LogP contribution in [0.3, 0.4) is 0 Å². The van der Waals surface area contributed by atoms with Crippen LogP contribution in [0.4, 0.5) is 0 Å². The molecule has 3 N–H and O–H groups in total.